The zero-order valence-electron chi connectivity index (χ0n) is 28.4. The third-order valence-electron chi connectivity index (χ3n) is 9.90. The number of fused-ring (bicyclic) bond motifs is 1. The van der Waals surface area contributed by atoms with E-state index in [0.29, 0.717) is 42.2 Å². The maximum Gasteiger partial charge on any atom is 0.259 e. The van der Waals surface area contributed by atoms with Crippen molar-refractivity contribution >= 4 is 44.4 Å². The average molecular weight is 696 g/mol. The topological polar surface area (TPSA) is 173 Å². The number of sulfonamides is 1. The first kappa shape index (κ1) is 34.7. The molecule has 3 aliphatic carbocycles. The molecule has 0 spiro atoms. The molecular formula is C35H45N5O8S. The number of pyridine rings is 1. The zero-order valence-corrected chi connectivity index (χ0v) is 29.2. The number of carbonyl (C=O) groups excluding carboxylic acids is 4. The highest BCUT2D eigenvalue weighted by molar-refractivity contribution is 7.91. The van der Waals surface area contributed by atoms with Gasteiger partial charge in [0.2, 0.25) is 33.6 Å². The molecule has 264 valence electrons. The Bertz CT molecular complexity index is 1780. The maximum absolute atomic E-state index is 14.4. The number of ether oxygens (including phenoxy) is 2. The monoisotopic (exact) mass is 695 g/mol. The molecule has 2 unspecified atom stereocenters. The molecule has 1 aliphatic heterocycles. The highest BCUT2D eigenvalue weighted by atomic mass is 32.2. The Morgan fingerprint density at radius 3 is 2.49 bits per heavy atom. The van der Waals surface area contributed by atoms with Gasteiger partial charge in [-0.25, -0.2) is 13.4 Å². The van der Waals surface area contributed by atoms with Gasteiger partial charge in [-0.15, -0.1) is 6.58 Å². The van der Waals surface area contributed by atoms with Gasteiger partial charge in [-0.1, -0.05) is 26.8 Å². The standard InChI is InChI=1S/C35H45N5O8S/c1-6-22-18-35(22,33(44)39-49(45,46)25-10-11-25)38-30(42)27-17-24(48-31-26-12-9-23(47-5)16-21(26)13-14-36-31)19-40(27)32(43)29(34(2,3)4)37-28(41)15-20-7-8-20/h6,9,12-14,16,20,22,24-25,27,29H,1,7-8,10-11,15,17-19H2,2-5H3,(H,37,41)(H,38,42)(H,39,44)/t22-,24?,27+,29-,35?/m1/s1. The largest absolute Gasteiger partial charge is 0.497 e. The second kappa shape index (κ2) is 12.9. The average Bonchev–Trinajstić information content (AvgIpc) is 3.94. The van der Waals surface area contributed by atoms with Gasteiger partial charge in [0.1, 0.15) is 29.5 Å². The van der Waals surface area contributed by atoms with Crippen molar-refractivity contribution in [2.45, 2.75) is 94.7 Å². The van der Waals surface area contributed by atoms with E-state index in [1.165, 1.54) is 11.0 Å². The number of hydrogen-bond acceptors (Lipinski definition) is 9. The van der Waals surface area contributed by atoms with Crippen LogP contribution in [0.1, 0.15) is 65.7 Å². The van der Waals surface area contributed by atoms with Crippen LogP contribution in [0.5, 0.6) is 11.6 Å². The highest BCUT2D eigenvalue weighted by Crippen LogP contribution is 2.45. The van der Waals surface area contributed by atoms with Crippen LogP contribution in [0.2, 0.25) is 0 Å². The third kappa shape index (κ3) is 7.38. The summed E-state index contributed by atoms with van der Waals surface area (Å²) in [5.74, 6) is -1.33. The Labute approximate surface area is 286 Å². The molecule has 0 bridgehead atoms. The first-order chi connectivity index (χ1) is 23.1. The van der Waals surface area contributed by atoms with Crippen LogP contribution in [0.25, 0.3) is 10.8 Å². The van der Waals surface area contributed by atoms with Gasteiger partial charge >= 0.3 is 0 Å². The second-order valence-electron chi connectivity index (χ2n) is 14.9. The van der Waals surface area contributed by atoms with Crippen molar-refractivity contribution in [3.8, 4) is 11.6 Å². The van der Waals surface area contributed by atoms with Gasteiger partial charge < -0.3 is 25.0 Å². The van der Waals surface area contributed by atoms with Crippen LogP contribution in [-0.2, 0) is 29.2 Å². The second-order valence-corrected chi connectivity index (χ2v) is 16.8. The maximum atomic E-state index is 14.4. The van der Waals surface area contributed by atoms with Gasteiger partial charge in [0.05, 0.1) is 18.9 Å². The van der Waals surface area contributed by atoms with Gasteiger partial charge in [-0.05, 0) is 73.1 Å². The normalized spacial score (nSPS) is 25.6. The molecule has 49 heavy (non-hydrogen) atoms. The molecule has 6 rings (SSSR count). The minimum Gasteiger partial charge on any atom is -0.497 e. The number of carbonyl (C=O) groups is 4. The lowest BCUT2D eigenvalue weighted by Gasteiger charge is -2.35. The minimum atomic E-state index is -3.87. The fourth-order valence-electron chi connectivity index (χ4n) is 6.52. The summed E-state index contributed by atoms with van der Waals surface area (Å²) in [6.45, 7) is 9.32. The van der Waals surface area contributed by atoms with Crippen molar-refractivity contribution in [1.29, 1.82) is 0 Å². The number of likely N-dealkylation sites (tertiary alicyclic amines) is 1. The van der Waals surface area contributed by atoms with Crippen molar-refractivity contribution in [1.82, 2.24) is 25.2 Å². The number of hydrogen-bond donors (Lipinski definition) is 3. The van der Waals surface area contributed by atoms with E-state index in [2.05, 4.69) is 26.9 Å². The van der Waals surface area contributed by atoms with Crippen LogP contribution in [0.15, 0.2) is 43.1 Å². The molecule has 4 amide bonds. The highest BCUT2D eigenvalue weighted by Gasteiger charge is 2.62. The van der Waals surface area contributed by atoms with Crippen molar-refractivity contribution in [2.75, 3.05) is 13.7 Å². The van der Waals surface area contributed by atoms with Gasteiger partial charge in [-0.3, -0.25) is 23.9 Å². The molecule has 3 saturated carbocycles. The Hall–Kier alpha value is -4.20. The first-order valence-electron chi connectivity index (χ1n) is 16.8. The lowest BCUT2D eigenvalue weighted by molar-refractivity contribution is -0.144. The predicted molar refractivity (Wildman–Crippen MR) is 181 cm³/mol. The summed E-state index contributed by atoms with van der Waals surface area (Å²) in [6.07, 6.45) is 5.91. The number of rotatable bonds is 13. The summed E-state index contributed by atoms with van der Waals surface area (Å²) in [5, 5.41) is 6.65. The van der Waals surface area contributed by atoms with E-state index in [-0.39, 0.29) is 25.3 Å². The number of methoxy groups -OCH3 is 1. The van der Waals surface area contributed by atoms with Crippen molar-refractivity contribution in [3.05, 3.63) is 43.1 Å². The lowest BCUT2D eigenvalue weighted by atomic mass is 9.85. The molecule has 5 atom stereocenters. The van der Waals surface area contributed by atoms with E-state index < -0.39 is 68.1 Å². The van der Waals surface area contributed by atoms with Gasteiger partial charge in [-0.2, -0.15) is 0 Å². The lowest BCUT2D eigenvalue weighted by Crippen LogP contribution is -2.60. The van der Waals surface area contributed by atoms with Gasteiger partial charge in [0, 0.05) is 30.3 Å². The summed E-state index contributed by atoms with van der Waals surface area (Å²) in [5.41, 5.74) is -2.22. The molecule has 0 radical (unpaired) electrons. The molecule has 3 N–H and O–H groups in total. The number of amides is 4. The van der Waals surface area contributed by atoms with Crippen LogP contribution in [0.4, 0.5) is 0 Å². The summed E-state index contributed by atoms with van der Waals surface area (Å²) < 4.78 is 39.2. The van der Waals surface area contributed by atoms with Crippen LogP contribution < -0.4 is 24.8 Å². The Morgan fingerprint density at radius 1 is 1.14 bits per heavy atom. The predicted octanol–water partition coefficient (Wildman–Crippen LogP) is 2.59. The Balaban J connectivity index is 1.27. The molecule has 2 aromatic rings. The molecule has 14 heteroatoms. The van der Waals surface area contributed by atoms with Crippen LogP contribution in [-0.4, -0.2) is 84.6 Å². The van der Waals surface area contributed by atoms with E-state index in [0.717, 1.165) is 18.2 Å². The minimum absolute atomic E-state index is 0.0103. The molecule has 4 fully saturated rings. The molecule has 1 aromatic carbocycles. The summed E-state index contributed by atoms with van der Waals surface area (Å²) in [6, 6.07) is 5.25. The van der Waals surface area contributed by atoms with Crippen LogP contribution in [0, 0.1) is 17.3 Å². The smallest absolute Gasteiger partial charge is 0.259 e. The SMILES string of the molecule is C=C[C@@H]1CC1(NC(=O)[C@@H]1CC(Oc2nccc3cc(OC)ccc23)CN1C(=O)[C@@H](NC(=O)CC1CC1)C(C)(C)C)C(=O)NS(=O)(=O)C1CC1. The fraction of sp³-hybridized carbons (Fsp3) is 0.571. The van der Waals surface area contributed by atoms with Crippen LogP contribution >= 0.6 is 0 Å². The van der Waals surface area contributed by atoms with E-state index in [1.54, 1.807) is 19.4 Å². The van der Waals surface area contributed by atoms with Crippen molar-refractivity contribution in [2.24, 2.45) is 17.3 Å². The van der Waals surface area contributed by atoms with E-state index in [9.17, 15) is 27.6 Å². The van der Waals surface area contributed by atoms with Gasteiger partial charge in [0.25, 0.3) is 5.91 Å². The number of nitrogens with one attached hydrogen (secondary N) is 3. The third-order valence-corrected chi connectivity index (χ3v) is 11.7. The first-order valence-corrected chi connectivity index (χ1v) is 18.4. The van der Waals surface area contributed by atoms with E-state index >= 15 is 0 Å². The van der Waals surface area contributed by atoms with Crippen LogP contribution in [0.3, 0.4) is 0 Å². The molecule has 1 aromatic heterocycles. The number of benzene rings is 1. The molecular weight excluding hydrogens is 650 g/mol. The van der Waals surface area contributed by atoms with E-state index in [4.69, 9.17) is 9.47 Å². The van der Waals surface area contributed by atoms with E-state index in [1.807, 2.05) is 39.0 Å². The molecule has 1 saturated heterocycles. The summed E-state index contributed by atoms with van der Waals surface area (Å²) >= 11 is 0. The zero-order chi connectivity index (χ0) is 35.3. The summed E-state index contributed by atoms with van der Waals surface area (Å²) in [4.78, 5) is 60.8. The quantitative estimate of drug-likeness (QED) is 0.266. The fourth-order valence-corrected chi connectivity index (χ4v) is 7.88. The van der Waals surface area contributed by atoms with Crippen molar-refractivity contribution < 1.29 is 37.1 Å². The molecule has 13 nitrogen and oxygen atoms in total. The Morgan fingerprint density at radius 2 is 1.88 bits per heavy atom. The number of nitrogens with zero attached hydrogens (tertiary/aromatic N) is 2. The summed E-state index contributed by atoms with van der Waals surface area (Å²) in [7, 11) is -2.30. The van der Waals surface area contributed by atoms with Gasteiger partial charge in [0.15, 0.2) is 0 Å². The molecule has 2 heterocycles. The van der Waals surface area contributed by atoms with Crippen molar-refractivity contribution in [3.63, 3.8) is 0 Å². The Kier molecular flexibility index (Phi) is 9.14. The molecule has 4 aliphatic rings. The number of aromatic nitrogens is 1.